The number of aromatic nitrogens is 2. The third kappa shape index (κ3) is 2.17. The van der Waals surface area contributed by atoms with Gasteiger partial charge in [-0.15, -0.1) is 11.3 Å². The number of rotatable bonds is 2. The largest absolute Gasteiger partial charge is 0.373 e. The van der Waals surface area contributed by atoms with Gasteiger partial charge in [-0.25, -0.2) is 9.97 Å². The number of halogens is 1. The van der Waals surface area contributed by atoms with Crippen molar-refractivity contribution in [1.82, 2.24) is 9.97 Å². The van der Waals surface area contributed by atoms with E-state index in [0.717, 1.165) is 28.3 Å². The van der Waals surface area contributed by atoms with Crippen molar-refractivity contribution in [1.29, 1.82) is 0 Å². The van der Waals surface area contributed by atoms with E-state index in [1.165, 1.54) is 11.3 Å². The Bertz CT molecular complexity index is 866. The Morgan fingerprint density at radius 2 is 1.84 bits per heavy atom. The second kappa shape index (κ2) is 5.43. The summed E-state index contributed by atoms with van der Waals surface area (Å²) in [5, 5.41) is 1.18. The predicted octanol–water partition coefficient (Wildman–Crippen LogP) is 3.20. The predicted molar refractivity (Wildman–Crippen MR) is 92.7 cm³/mol. The van der Waals surface area contributed by atoms with Crippen LogP contribution in [-0.2, 0) is 14.3 Å². The van der Waals surface area contributed by atoms with E-state index in [9.17, 15) is 9.59 Å². The Balaban J connectivity index is 1.53. The van der Waals surface area contributed by atoms with E-state index in [-0.39, 0.29) is 35.6 Å². The Labute approximate surface area is 153 Å². The van der Waals surface area contributed by atoms with Crippen molar-refractivity contribution < 1.29 is 14.3 Å². The third-order valence-electron chi connectivity index (χ3n) is 5.58. The molecule has 2 aromatic heterocycles. The summed E-state index contributed by atoms with van der Waals surface area (Å²) < 4.78 is 5.80. The summed E-state index contributed by atoms with van der Waals surface area (Å²) in [7, 11) is 0. The van der Waals surface area contributed by atoms with Crippen molar-refractivity contribution in [2.75, 3.05) is 0 Å². The second-order valence-corrected chi connectivity index (χ2v) is 8.50. The molecule has 25 heavy (non-hydrogen) atoms. The van der Waals surface area contributed by atoms with Crippen LogP contribution in [0.15, 0.2) is 18.3 Å². The van der Waals surface area contributed by atoms with Crippen molar-refractivity contribution in [3.8, 4) is 10.6 Å². The van der Waals surface area contributed by atoms with Crippen LogP contribution in [-0.4, -0.2) is 33.7 Å². The first kappa shape index (κ1) is 15.6. The molecule has 0 aromatic carbocycles. The molecule has 128 valence electrons. The minimum atomic E-state index is -0.729. The number of fused-ring (bicyclic) bond motifs is 5. The van der Waals surface area contributed by atoms with Crippen molar-refractivity contribution in [3.05, 3.63) is 34.1 Å². The average Bonchev–Trinajstić information content (AvgIpc) is 3.33. The molecule has 5 nitrogen and oxygen atoms in total. The minimum absolute atomic E-state index is 0.00335. The molecule has 0 spiro atoms. The zero-order valence-electron chi connectivity index (χ0n) is 13.4. The maximum Gasteiger partial charge on any atom is 0.155 e. The molecule has 3 fully saturated rings. The summed E-state index contributed by atoms with van der Waals surface area (Å²) in [6, 6.07) is 3.55. The van der Waals surface area contributed by atoms with Gasteiger partial charge in [0.2, 0.25) is 0 Å². The molecule has 2 bridgehead atoms. The van der Waals surface area contributed by atoms with Gasteiger partial charge in [-0.2, -0.15) is 0 Å². The number of ether oxygens (including phenoxy) is 1. The standard InChI is InChI=1S/C18H15ClN2O3S/c1-7-15(21-18(25-7)8-2-5-11(19)20-6-8)14-16(22)12-9-3-4-10(24-9)13(12)17(14)23/h2,5-6,9-10,12-14H,3-4H2,1H3/t9-,10+,12-,13+,14?. The molecule has 2 aromatic rings. The van der Waals surface area contributed by atoms with Crippen LogP contribution < -0.4 is 0 Å². The van der Waals surface area contributed by atoms with Gasteiger partial charge in [0.15, 0.2) is 11.6 Å². The molecule has 5 rings (SSSR count). The summed E-state index contributed by atoms with van der Waals surface area (Å²) >= 11 is 7.32. The molecule has 7 heteroatoms. The summed E-state index contributed by atoms with van der Waals surface area (Å²) in [5.41, 5.74) is 1.45. The fourth-order valence-corrected chi connectivity index (χ4v) is 5.55. The van der Waals surface area contributed by atoms with Gasteiger partial charge in [0.1, 0.15) is 16.1 Å². The molecule has 5 atom stereocenters. The van der Waals surface area contributed by atoms with Gasteiger partial charge in [-0.05, 0) is 31.9 Å². The van der Waals surface area contributed by atoms with Crippen molar-refractivity contribution >= 4 is 34.5 Å². The Morgan fingerprint density at radius 1 is 1.16 bits per heavy atom. The van der Waals surface area contributed by atoms with Gasteiger partial charge >= 0.3 is 0 Å². The highest BCUT2D eigenvalue weighted by atomic mass is 35.5. The molecule has 2 saturated heterocycles. The Hall–Kier alpha value is -1.63. The second-order valence-electron chi connectivity index (χ2n) is 6.91. The lowest BCUT2D eigenvalue weighted by atomic mass is 9.81. The first-order valence-corrected chi connectivity index (χ1v) is 9.56. The van der Waals surface area contributed by atoms with E-state index in [0.29, 0.717) is 10.8 Å². The fraction of sp³-hybridized carbons (Fsp3) is 0.444. The SMILES string of the molecule is Cc1sc(-c2ccc(Cl)nc2)nc1C1C(=O)[C@@H]2[C@H](C1=O)[C@H]1CC[C@@H]2O1. The molecule has 1 unspecified atom stereocenters. The van der Waals surface area contributed by atoms with Crippen molar-refractivity contribution in [3.63, 3.8) is 0 Å². The van der Waals surface area contributed by atoms with E-state index in [2.05, 4.69) is 9.97 Å². The van der Waals surface area contributed by atoms with Gasteiger partial charge in [0, 0.05) is 16.6 Å². The van der Waals surface area contributed by atoms with Crippen LogP contribution >= 0.6 is 22.9 Å². The Kier molecular flexibility index (Phi) is 3.39. The number of carbonyl (C=O) groups excluding carboxylic acids is 2. The molecule has 2 aliphatic heterocycles. The number of pyridine rings is 1. The topological polar surface area (TPSA) is 69.2 Å². The number of Topliss-reactive ketones (excluding diaryl/α,β-unsaturated/α-hetero) is 2. The smallest absolute Gasteiger partial charge is 0.155 e. The monoisotopic (exact) mass is 374 g/mol. The van der Waals surface area contributed by atoms with Crippen molar-refractivity contribution in [2.24, 2.45) is 11.8 Å². The van der Waals surface area contributed by atoms with E-state index < -0.39 is 5.92 Å². The summed E-state index contributed by atoms with van der Waals surface area (Å²) in [6.45, 7) is 1.92. The maximum atomic E-state index is 13.0. The van der Waals surface area contributed by atoms with Crippen LogP contribution in [0.3, 0.4) is 0 Å². The highest BCUT2D eigenvalue weighted by Gasteiger charge is 2.63. The van der Waals surface area contributed by atoms with Crippen LogP contribution in [0.4, 0.5) is 0 Å². The molecule has 3 aliphatic rings. The van der Waals surface area contributed by atoms with Gasteiger partial charge in [0.25, 0.3) is 0 Å². The molecular formula is C18H15ClN2O3S. The number of thiazole rings is 1. The zero-order valence-corrected chi connectivity index (χ0v) is 15.0. The lowest BCUT2D eigenvalue weighted by Crippen LogP contribution is -2.29. The molecule has 0 N–H and O–H groups in total. The average molecular weight is 375 g/mol. The van der Waals surface area contributed by atoms with Crippen molar-refractivity contribution in [2.45, 2.75) is 37.9 Å². The number of carbonyl (C=O) groups is 2. The molecule has 1 aliphatic carbocycles. The van der Waals surface area contributed by atoms with E-state index in [4.69, 9.17) is 16.3 Å². The van der Waals surface area contributed by atoms with E-state index >= 15 is 0 Å². The number of hydrogen-bond acceptors (Lipinski definition) is 6. The highest BCUT2D eigenvalue weighted by Crippen LogP contribution is 2.52. The number of nitrogens with zero attached hydrogens (tertiary/aromatic N) is 2. The summed E-state index contributed by atoms with van der Waals surface area (Å²) in [6.07, 6.45) is 3.28. The molecule has 0 amide bonds. The highest BCUT2D eigenvalue weighted by molar-refractivity contribution is 7.15. The first-order valence-electron chi connectivity index (χ1n) is 8.37. The summed E-state index contributed by atoms with van der Waals surface area (Å²) in [4.78, 5) is 35.6. The van der Waals surface area contributed by atoms with Gasteiger partial charge in [-0.3, -0.25) is 9.59 Å². The van der Waals surface area contributed by atoms with Crippen LogP contribution in [0.25, 0.3) is 10.6 Å². The first-order chi connectivity index (χ1) is 12.0. The zero-order chi connectivity index (χ0) is 17.3. The number of hydrogen-bond donors (Lipinski definition) is 0. The van der Waals surface area contributed by atoms with E-state index in [1.807, 2.05) is 13.0 Å². The lowest BCUT2D eigenvalue weighted by Gasteiger charge is -2.16. The molecule has 4 heterocycles. The van der Waals surface area contributed by atoms with E-state index in [1.54, 1.807) is 12.3 Å². The van der Waals surface area contributed by atoms with Crippen LogP contribution in [0, 0.1) is 18.8 Å². The maximum absolute atomic E-state index is 13.0. The van der Waals surface area contributed by atoms with Gasteiger partial charge < -0.3 is 4.74 Å². The molecule has 1 saturated carbocycles. The van der Waals surface area contributed by atoms with Gasteiger partial charge in [0.05, 0.1) is 29.7 Å². The van der Waals surface area contributed by atoms with Crippen LogP contribution in [0.5, 0.6) is 0 Å². The normalized spacial score (nSPS) is 33.3. The number of aryl methyl sites for hydroxylation is 1. The summed E-state index contributed by atoms with van der Waals surface area (Å²) in [5.74, 6) is -1.27. The Morgan fingerprint density at radius 3 is 2.44 bits per heavy atom. The molecule has 0 radical (unpaired) electrons. The van der Waals surface area contributed by atoms with Crippen LogP contribution in [0.2, 0.25) is 5.15 Å². The lowest BCUT2D eigenvalue weighted by molar-refractivity contribution is -0.127. The molecular weight excluding hydrogens is 360 g/mol. The fourth-order valence-electron chi connectivity index (χ4n) is 4.50. The quantitative estimate of drug-likeness (QED) is 0.596. The third-order valence-corrected chi connectivity index (χ3v) is 6.84. The number of ketones is 2. The van der Waals surface area contributed by atoms with Gasteiger partial charge in [-0.1, -0.05) is 11.6 Å². The van der Waals surface area contributed by atoms with Crippen LogP contribution in [0.1, 0.15) is 29.3 Å². The minimum Gasteiger partial charge on any atom is -0.373 e.